The van der Waals surface area contributed by atoms with E-state index in [0.29, 0.717) is 29.6 Å². The van der Waals surface area contributed by atoms with E-state index in [2.05, 4.69) is 10.1 Å². The number of carbonyl (C=O) groups excluding carboxylic acids is 1. The highest BCUT2D eigenvalue weighted by Crippen LogP contribution is 2.33. The predicted octanol–water partition coefficient (Wildman–Crippen LogP) is 3.45. The number of hydrogen-bond donors (Lipinski definition) is 0. The third-order valence-electron chi connectivity index (χ3n) is 4.07. The number of benzene rings is 1. The summed E-state index contributed by atoms with van der Waals surface area (Å²) in [4.78, 5) is 18.6. The molecule has 1 fully saturated rings. The van der Waals surface area contributed by atoms with Gasteiger partial charge in [0.25, 0.3) is 5.91 Å². The molecule has 0 saturated carbocycles. The van der Waals surface area contributed by atoms with Crippen molar-refractivity contribution in [3.05, 3.63) is 60.1 Å². The Bertz CT molecular complexity index is 842. The number of carbonyl (C=O) groups is 1. The molecule has 0 unspecified atom stereocenters. The minimum atomic E-state index is -0.325. The molecule has 1 saturated heterocycles. The van der Waals surface area contributed by atoms with Gasteiger partial charge in [-0.1, -0.05) is 5.16 Å². The number of amides is 1. The van der Waals surface area contributed by atoms with Gasteiger partial charge in [0, 0.05) is 12.1 Å². The van der Waals surface area contributed by atoms with E-state index in [1.165, 1.54) is 18.4 Å². The number of aromatic nitrogens is 2. The molecule has 7 heteroatoms. The second-order valence-electron chi connectivity index (χ2n) is 5.60. The highest BCUT2D eigenvalue weighted by molar-refractivity contribution is 5.91. The van der Waals surface area contributed by atoms with Crippen LogP contribution >= 0.6 is 0 Å². The molecule has 4 rings (SSSR count). The minimum absolute atomic E-state index is 0.191. The van der Waals surface area contributed by atoms with E-state index in [4.69, 9.17) is 8.94 Å². The van der Waals surface area contributed by atoms with Crippen LogP contribution in [0.2, 0.25) is 0 Å². The number of likely N-dealkylation sites (tertiary alicyclic amines) is 1. The lowest BCUT2D eigenvalue weighted by Gasteiger charge is -2.20. The predicted molar refractivity (Wildman–Crippen MR) is 81.4 cm³/mol. The van der Waals surface area contributed by atoms with E-state index in [9.17, 15) is 9.18 Å². The van der Waals surface area contributed by atoms with Crippen molar-refractivity contribution in [1.82, 2.24) is 15.0 Å². The van der Waals surface area contributed by atoms with Gasteiger partial charge in [0.2, 0.25) is 11.7 Å². The molecule has 0 spiro atoms. The SMILES string of the molecule is O=C(c1ccco1)N1CCC[C@H]1c1nc(-c2ccc(F)cc2)no1. The molecule has 122 valence electrons. The summed E-state index contributed by atoms with van der Waals surface area (Å²) in [6, 6.07) is 8.90. The van der Waals surface area contributed by atoms with Crippen LogP contribution in [0.15, 0.2) is 51.6 Å². The van der Waals surface area contributed by atoms with E-state index in [1.54, 1.807) is 29.2 Å². The zero-order valence-corrected chi connectivity index (χ0v) is 12.7. The molecule has 1 aliphatic rings. The summed E-state index contributed by atoms with van der Waals surface area (Å²) in [7, 11) is 0. The smallest absolute Gasteiger partial charge is 0.290 e. The Labute approximate surface area is 136 Å². The molecule has 3 heterocycles. The highest BCUT2D eigenvalue weighted by atomic mass is 19.1. The maximum atomic E-state index is 13.0. The first-order valence-electron chi connectivity index (χ1n) is 7.66. The zero-order valence-electron chi connectivity index (χ0n) is 12.7. The molecule has 2 aromatic heterocycles. The quantitative estimate of drug-likeness (QED) is 0.737. The largest absolute Gasteiger partial charge is 0.459 e. The molecule has 0 bridgehead atoms. The van der Waals surface area contributed by atoms with Crippen LogP contribution in [0.1, 0.15) is 35.3 Å². The van der Waals surface area contributed by atoms with Crippen molar-refractivity contribution in [2.45, 2.75) is 18.9 Å². The van der Waals surface area contributed by atoms with Crippen LogP contribution in [0, 0.1) is 5.82 Å². The topological polar surface area (TPSA) is 72.4 Å². The van der Waals surface area contributed by atoms with Crippen molar-refractivity contribution in [3.63, 3.8) is 0 Å². The van der Waals surface area contributed by atoms with Gasteiger partial charge in [-0.25, -0.2) is 4.39 Å². The van der Waals surface area contributed by atoms with Gasteiger partial charge >= 0.3 is 0 Å². The van der Waals surface area contributed by atoms with Gasteiger partial charge in [0.05, 0.1) is 6.26 Å². The van der Waals surface area contributed by atoms with Gasteiger partial charge in [-0.15, -0.1) is 0 Å². The molecule has 1 aliphatic heterocycles. The molecule has 24 heavy (non-hydrogen) atoms. The van der Waals surface area contributed by atoms with E-state index in [0.717, 1.165) is 12.8 Å². The molecule has 1 amide bonds. The van der Waals surface area contributed by atoms with Gasteiger partial charge in [0.15, 0.2) is 5.76 Å². The lowest BCUT2D eigenvalue weighted by molar-refractivity contribution is 0.0678. The van der Waals surface area contributed by atoms with E-state index in [1.807, 2.05) is 0 Å². The average molecular weight is 327 g/mol. The van der Waals surface area contributed by atoms with Crippen LogP contribution in [0.4, 0.5) is 4.39 Å². The molecule has 0 aliphatic carbocycles. The first kappa shape index (κ1) is 14.6. The van der Waals surface area contributed by atoms with E-state index < -0.39 is 0 Å². The lowest BCUT2D eigenvalue weighted by atomic mass is 10.2. The first-order valence-corrected chi connectivity index (χ1v) is 7.66. The number of rotatable bonds is 3. The Morgan fingerprint density at radius 1 is 1.25 bits per heavy atom. The van der Waals surface area contributed by atoms with Crippen molar-refractivity contribution in [2.24, 2.45) is 0 Å². The maximum absolute atomic E-state index is 13.0. The fourth-order valence-corrected chi connectivity index (χ4v) is 2.90. The summed E-state index contributed by atoms with van der Waals surface area (Å²) in [6.45, 7) is 0.610. The molecule has 3 aromatic rings. The van der Waals surface area contributed by atoms with Crippen LogP contribution in [-0.4, -0.2) is 27.5 Å². The van der Waals surface area contributed by atoms with Gasteiger partial charge in [-0.3, -0.25) is 4.79 Å². The Morgan fingerprint density at radius 2 is 2.08 bits per heavy atom. The average Bonchev–Trinajstić information content (AvgIpc) is 3.34. The molecular formula is C17H14FN3O3. The fourth-order valence-electron chi connectivity index (χ4n) is 2.90. The summed E-state index contributed by atoms with van der Waals surface area (Å²) >= 11 is 0. The van der Waals surface area contributed by atoms with Crippen LogP contribution in [0.3, 0.4) is 0 Å². The number of furan rings is 1. The molecular weight excluding hydrogens is 313 g/mol. The lowest BCUT2D eigenvalue weighted by Crippen LogP contribution is -2.30. The van der Waals surface area contributed by atoms with E-state index in [-0.39, 0.29) is 17.8 Å². The Morgan fingerprint density at radius 3 is 2.83 bits per heavy atom. The van der Waals surface area contributed by atoms with Crippen LogP contribution in [0.25, 0.3) is 11.4 Å². The van der Waals surface area contributed by atoms with Crippen molar-refractivity contribution in [1.29, 1.82) is 0 Å². The van der Waals surface area contributed by atoms with Crippen molar-refractivity contribution in [3.8, 4) is 11.4 Å². The van der Waals surface area contributed by atoms with Gasteiger partial charge < -0.3 is 13.8 Å². The third kappa shape index (κ3) is 2.58. The van der Waals surface area contributed by atoms with Gasteiger partial charge in [-0.05, 0) is 49.2 Å². The second-order valence-corrected chi connectivity index (χ2v) is 5.60. The molecule has 0 radical (unpaired) electrons. The summed E-state index contributed by atoms with van der Waals surface area (Å²) in [5, 5.41) is 3.95. The number of hydrogen-bond acceptors (Lipinski definition) is 5. The van der Waals surface area contributed by atoms with Crippen molar-refractivity contribution < 1.29 is 18.1 Å². The number of nitrogens with zero attached hydrogens (tertiary/aromatic N) is 3. The summed E-state index contributed by atoms with van der Waals surface area (Å²) in [5.74, 6) is 0.534. The summed E-state index contributed by atoms with van der Waals surface area (Å²) < 4.78 is 23.5. The highest BCUT2D eigenvalue weighted by Gasteiger charge is 2.35. The monoisotopic (exact) mass is 327 g/mol. The van der Waals surface area contributed by atoms with Crippen molar-refractivity contribution >= 4 is 5.91 Å². The zero-order chi connectivity index (χ0) is 16.5. The molecule has 0 N–H and O–H groups in total. The van der Waals surface area contributed by atoms with E-state index >= 15 is 0 Å². The van der Waals surface area contributed by atoms with Gasteiger partial charge in [-0.2, -0.15) is 4.98 Å². The number of halogens is 1. The van der Waals surface area contributed by atoms with Gasteiger partial charge in [0.1, 0.15) is 11.9 Å². The molecule has 1 aromatic carbocycles. The summed E-state index contributed by atoms with van der Waals surface area (Å²) in [5.41, 5.74) is 0.660. The van der Waals surface area contributed by atoms with Crippen LogP contribution in [0.5, 0.6) is 0 Å². The maximum Gasteiger partial charge on any atom is 0.290 e. The minimum Gasteiger partial charge on any atom is -0.459 e. The molecule has 1 atom stereocenters. The second kappa shape index (κ2) is 5.92. The van der Waals surface area contributed by atoms with Crippen LogP contribution < -0.4 is 0 Å². The standard InChI is InChI=1S/C17H14FN3O3/c18-12-7-5-11(6-8-12)15-19-16(24-20-15)13-3-1-9-21(13)17(22)14-4-2-10-23-14/h2,4-8,10,13H,1,3,9H2/t13-/m0/s1. The third-order valence-corrected chi connectivity index (χ3v) is 4.07. The Hall–Kier alpha value is -2.96. The summed E-state index contributed by atoms with van der Waals surface area (Å²) in [6.07, 6.45) is 3.07. The fraction of sp³-hybridized carbons (Fsp3) is 0.235. The molecule has 6 nitrogen and oxygen atoms in total. The van der Waals surface area contributed by atoms with Crippen LogP contribution in [-0.2, 0) is 0 Å². The Balaban J connectivity index is 1.59. The normalized spacial score (nSPS) is 17.4. The Kier molecular flexibility index (Phi) is 3.60. The van der Waals surface area contributed by atoms with Crippen molar-refractivity contribution in [2.75, 3.05) is 6.54 Å². The first-order chi connectivity index (χ1) is 11.7.